The van der Waals surface area contributed by atoms with Gasteiger partial charge in [0.1, 0.15) is 5.75 Å². The molecule has 5 nitrogen and oxygen atoms in total. The van der Waals surface area contributed by atoms with Gasteiger partial charge in [-0.15, -0.1) is 0 Å². The average molecular weight is 342 g/mol. The molecule has 3 rings (SSSR count). The predicted molar refractivity (Wildman–Crippen MR) is 96.4 cm³/mol. The Kier molecular flexibility index (Phi) is 6.09. The Morgan fingerprint density at radius 1 is 1.20 bits per heavy atom. The molecule has 1 amide bonds. The maximum atomic E-state index is 12.1. The fraction of sp³-hybridized carbons (Fsp3) is 0.500. The number of amides is 1. The van der Waals surface area contributed by atoms with Gasteiger partial charge in [0.15, 0.2) is 11.7 Å². The van der Waals surface area contributed by atoms with Gasteiger partial charge in [0.05, 0.1) is 13.3 Å². The van der Waals surface area contributed by atoms with Crippen LogP contribution in [-0.2, 0) is 11.2 Å². The summed E-state index contributed by atoms with van der Waals surface area (Å²) in [5, 5.41) is 3.16. The van der Waals surface area contributed by atoms with Crippen molar-refractivity contribution in [2.45, 2.75) is 57.4 Å². The molecule has 1 aliphatic carbocycles. The van der Waals surface area contributed by atoms with E-state index in [2.05, 4.69) is 10.3 Å². The van der Waals surface area contributed by atoms with Gasteiger partial charge in [0, 0.05) is 24.4 Å². The van der Waals surface area contributed by atoms with E-state index in [-0.39, 0.29) is 5.91 Å². The van der Waals surface area contributed by atoms with Gasteiger partial charge in [-0.25, -0.2) is 4.98 Å². The van der Waals surface area contributed by atoms with E-state index < -0.39 is 0 Å². The van der Waals surface area contributed by atoms with Gasteiger partial charge in [0.25, 0.3) is 0 Å². The van der Waals surface area contributed by atoms with Crippen LogP contribution in [0.15, 0.2) is 34.9 Å². The monoisotopic (exact) mass is 342 g/mol. The van der Waals surface area contributed by atoms with Crippen LogP contribution in [0.5, 0.6) is 5.75 Å². The van der Waals surface area contributed by atoms with E-state index >= 15 is 0 Å². The Morgan fingerprint density at radius 3 is 2.60 bits per heavy atom. The number of benzene rings is 1. The molecule has 0 spiro atoms. The highest BCUT2D eigenvalue weighted by Gasteiger charge is 2.15. The molecule has 0 unspecified atom stereocenters. The summed E-state index contributed by atoms with van der Waals surface area (Å²) in [5.74, 6) is 2.21. The maximum absolute atomic E-state index is 12.1. The Hall–Kier alpha value is -2.30. The Labute approximate surface area is 148 Å². The predicted octanol–water partition coefficient (Wildman–Crippen LogP) is 4.12. The molecule has 0 bridgehead atoms. The average Bonchev–Trinajstić information content (AvgIpc) is 2.97. The first-order valence-electron chi connectivity index (χ1n) is 9.13. The number of oxazole rings is 1. The van der Waals surface area contributed by atoms with Crippen LogP contribution >= 0.6 is 0 Å². The highest BCUT2D eigenvalue weighted by atomic mass is 16.5. The van der Waals surface area contributed by atoms with Gasteiger partial charge in [-0.2, -0.15) is 0 Å². The van der Waals surface area contributed by atoms with Crippen molar-refractivity contribution in [3.05, 3.63) is 36.4 Å². The fourth-order valence-electron chi connectivity index (χ4n) is 3.26. The number of carbonyl (C=O) groups excluding carboxylic acids is 1. The van der Waals surface area contributed by atoms with E-state index in [1.54, 1.807) is 13.3 Å². The molecule has 2 aromatic rings. The summed E-state index contributed by atoms with van der Waals surface area (Å²) >= 11 is 0. The minimum Gasteiger partial charge on any atom is -0.497 e. The molecule has 1 N–H and O–H groups in total. The first-order chi connectivity index (χ1) is 12.2. The van der Waals surface area contributed by atoms with Crippen molar-refractivity contribution in [2.75, 3.05) is 7.11 Å². The standard InChI is InChI=1S/C20H26N2O3/c1-24-17-10-8-15(9-11-17)18-14-21-20(25-18)13-12-19(23)22-16-6-4-2-3-5-7-16/h8-11,14,16H,2-7,12-13H2,1H3,(H,22,23). The zero-order chi connectivity index (χ0) is 17.5. The third-order valence-corrected chi connectivity index (χ3v) is 4.71. The first kappa shape index (κ1) is 17.5. The van der Waals surface area contributed by atoms with Crippen molar-refractivity contribution < 1.29 is 13.9 Å². The molecule has 5 heteroatoms. The molecule has 1 aromatic carbocycles. The number of hydrogen-bond donors (Lipinski definition) is 1. The van der Waals surface area contributed by atoms with E-state index in [1.807, 2.05) is 24.3 Å². The van der Waals surface area contributed by atoms with Crippen molar-refractivity contribution in [1.82, 2.24) is 10.3 Å². The summed E-state index contributed by atoms with van der Waals surface area (Å²) in [6, 6.07) is 7.98. The first-order valence-corrected chi connectivity index (χ1v) is 9.13. The quantitative estimate of drug-likeness (QED) is 0.802. The summed E-state index contributed by atoms with van der Waals surface area (Å²) in [7, 11) is 1.64. The lowest BCUT2D eigenvalue weighted by Crippen LogP contribution is -2.34. The number of hydrogen-bond acceptors (Lipinski definition) is 4. The number of carbonyl (C=O) groups is 1. The summed E-state index contributed by atoms with van der Waals surface area (Å²) < 4.78 is 10.9. The van der Waals surface area contributed by atoms with Crippen LogP contribution in [0.1, 0.15) is 50.8 Å². The summed E-state index contributed by atoms with van der Waals surface area (Å²) in [6.07, 6.45) is 9.87. The molecule has 1 saturated carbocycles. The van der Waals surface area contributed by atoms with Crippen LogP contribution in [0, 0.1) is 0 Å². The van der Waals surface area contributed by atoms with Gasteiger partial charge in [-0.1, -0.05) is 25.7 Å². The maximum Gasteiger partial charge on any atom is 0.220 e. The van der Waals surface area contributed by atoms with Crippen LogP contribution in [0.25, 0.3) is 11.3 Å². The molecular weight excluding hydrogens is 316 g/mol. The zero-order valence-corrected chi connectivity index (χ0v) is 14.8. The van der Waals surface area contributed by atoms with Crippen LogP contribution in [0.2, 0.25) is 0 Å². The second-order valence-electron chi connectivity index (χ2n) is 6.60. The number of aryl methyl sites for hydroxylation is 1. The van der Waals surface area contributed by atoms with Crippen LogP contribution in [0.4, 0.5) is 0 Å². The van der Waals surface area contributed by atoms with E-state index in [0.29, 0.717) is 30.5 Å². The molecule has 1 heterocycles. The van der Waals surface area contributed by atoms with E-state index in [9.17, 15) is 4.79 Å². The summed E-state index contributed by atoms with van der Waals surface area (Å²) in [6.45, 7) is 0. The molecule has 0 atom stereocenters. The molecule has 1 aliphatic rings. The third kappa shape index (κ3) is 5.08. The zero-order valence-electron chi connectivity index (χ0n) is 14.8. The SMILES string of the molecule is COc1ccc(-c2cnc(CCC(=O)NC3CCCCCC3)o2)cc1. The van der Waals surface area contributed by atoms with Crippen molar-refractivity contribution in [3.8, 4) is 17.1 Å². The van der Waals surface area contributed by atoms with Crippen LogP contribution < -0.4 is 10.1 Å². The van der Waals surface area contributed by atoms with Gasteiger partial charge < -0.3 is 14.5 Å². The third-order valence-electron chi connectivity index (χ3n) is 4.71. The number of ether oxygens (including phenoxy) is 1. The lowest BCUT2D eigenvalue weighted by molar-refractivity contribution is -0.121. The lowest BCUT2D eigenvalue weighted by atomic mass is 10.1. The molecule has 134 valence electrons. The number of nitrogens with one attached hydrogen (secondary N) is 1. The second kappa shape index (κ2) is 8.70. The van der Waals surface area contributed by atoms with E-state index in [0.717, 1.165) is 24.2 Å². The van der Waals surface area contributed by atoms with Gasteiger partial charge in [-0.3, -0.25) is 4.79 Å². The Morgan fingerprint density at radius 2 is 1.92 bits per heavy atom. The van der Waals surface area contributed by atoms with E-state index in [1.165, 1.54) is 25.7 Å². The second-order valence-corrected chi connectivity index (χ2v) is 6.60. The summed E-state index contributed by atoms with van der Waals surface area (Å²) in [5.41, 5.74) is 0.947. The Balaban J connectivity index is 1.49. The molecule has 1 fully saturated rings. The lowest BCUT2D eigenvalue weighted by Gasteiger charge is -2.15. The smallest absolute Gasteiger partial charge is 0.220 e. The topological polar surface area (TPSA) is 64.4 Å². The van der Waals surface area contributed by atoms with Crippen molar-refractivity contribution in [3.63, 3.8) is 0 Å². The number of aromatic nitrogens is 1. The van der Waals surface area contributed by atoms with Crippen LogP contribution in [-0.4, -0.2) is 24.0 Å². The van der Waals surface area contributed by atoms with Crippen LogP contribution in [0.3, 0.4) is 0 Å². The highest BCUT2D eigenvalue weighted by Crippen LogP contribution is 2.23. The number of methoxy groups -OCH3 is 1. The largest absolute Gasteiger partial charge is 0.497 e. The normalized spacial score (nSPS) is 15.6. The number of rotatable bonds is 6. The van der Waals surface area contributed by atoms with Crippen molar-refractivity contribution >= 4 is 5.91 Å². The molecular formula is C20H26N2O3. The number of nitrogens with zero attached hydrogens (tertiary/aromatic N) is 1. The van der Waals surface area contributed by atoms with Gasteiger partial charge in [0.2, 0.25) is 5.91 Å². The molecule has 0 radical (unpaired) electrons. The molecule has 0 saturated heterocycles. The highest BCUT2D eigenvalue weighted by molar-refractivity contribution is 5.76. The fourth-order valence-corrected chi connectivity index (χ4v) is 3.26. The Bertz CT molecular complexity index is 671. The summed E-state index contributed by atoms with van der Waals surface area (Å²) in [4.78, 5) is 16.4. The molecule has 1 aromatic heterocycles. The van der Waals surface area contributed by atoms with E-state index in [4.69, 9.17) is 9.15 Å². The van der Waals surface area contributed by atoms with Gasteiger partial charge >= 0.3 is 0 Å². The minimum atomic E-state index is 0.0936. The van der Waals surface area contributed by atoms with Crippen molar-refractivity contribution in [2.24, 2.45) is 0 Å². The minimum absolute atomic E-state index is 0.0936. The van der Waals surface area contributed by atoms with Crippen molar-refractivity contribution in [1.29, 1.82) is 0 Å². The molecule has 0 aliphatic heterocycles. The van der Waals surface area contributed by atoms with Gasteiger partial charge in [-0.05, 0) is 37.1 Å². The molecule has 25 heavy (non-hydrogen) atoms.